The van der Waals surface area contributed by atoms with Crippen molar-refractivity contribution in [3.05, 3.63) is 54.1 Å². The van der Waals surface area contributed by atoms with Crippen LogP contribution in [0, 0.1) is 0 Å². The Morgan fingerprint density at radius 3 is 2.29 bits per heavy atom. The number of benzene rings is 2. The highest BCUT2D eigenvalue weighted by atomic mass is 35.5. The third-order valence-corrected chi connectivity index (χ3v) is 3.84. The lowest BCUT2D eigenvalue weighted by Crippen LogP contribution is -2.40. The van der Waals surface area contributed by atoms with Gasteiger partial charge >= 0.3 is 0 Å². The average molecular weight is 349 g/mol. The first-order chi connectivity index (χ1) is 11.1. The zero-order valence-corrected chi connectivity index (χ0v) is 15.2. The molecule has 1 amide bonds. The van der Waals surface area contributed by atoms with Gasteiger partial charge in [-0.15, -0.1) is 12.4 Å². The van der Waals surface area contributed by atoms with E-state index >= 15 is 0 Å². The monoisotopic (exact) mass is 348 g/mol. The van der Waals surface area contributed by atoms with E-state index in [9.17, 15) is 4.79 Å². The second-order valence-corrected chi connectivity index (χ2v) is 5.72. The number of hydrogen-bond donors (Lipinski definition) is 1. The highest BCUT2D eigenvalue weighted by Crippen LogP contribution is 2.29. The minimum atomic E-state index is -0.0335. The van der Waals surface area contributed by atoms with Crippen molar-refractivity contribution in [1.82, 2.24) is 4.90 Å². The summed E-state index contributed by atoms with van der Waals surface area (Å²) in [7, 11) is 1.67. The average Bonchev–Trinajstić information content (AvgIpc) is 2.59. The van der Waals surface area contributed by atoms with Crippen LogP contribution in [0.2, 0.25) is 0 Å². The van der Waals surface area contributed by atoms with Crippen LogP contribution in [-0.4, -0.2) is 30.5 Å². The Kier molecular flexibility index (Phi) is 7.75. The molecule has 0 spiro atoms. The van der Waals surface area contributed by atoms with Gasteiger partial charge in [-0.05, 0) is 31.0 Å². The number of para-hydroxylation sites is 1. The molecular weight excluding hydrogens is 324 g/mol. The molecule has 130 valence electrons. The Morgan fingerprint density at radius 1 is 1.12 bits per heavy atom. The summed E-state index contributed by atoms with van der Waals surface area (Å²) in [4.78, 5) is 13.7. The molecule has 0 heterocycles. The molecule has 0 bridgehead atoms. The van der Waals surface area contributed by atoms with Crippen molar-refractivity contribution in [3.63, 3.8) is 0 Å². The minimum absolute atomic E-state index is 0. The molecule has 2 rings (SSSR count). The molecule has 2 aromatic carbocycles. The number of ether oxygens (including phenoxy) is 1. The summed E-state index contributed by atoms with van der Waals surface area (Å²) in [5, 5.41) is 0. The van der Waals surface area contributed by atoms with Crippen molar-refractivity contribution < 1.29 is 9.53 Å². The number of carbonyl (C=O) groups is 1. The van der Waals surface area contributed by atoms with Crippen molar-refractivity contribution in [3.8, 4) is 16.9 Å². The van der Waals surface area contributed by atoms with Gasteiger partial charge in [-0.2, -0.15) is 0 Å². The fraction of sp³-hybridized carbons (Fsp3) is 0.316. The molecule has 24 heavy (non-hydrogen) atoms. The molecular formula is C19H25ClN2O2. The van der Waals surface area contributed by atoms with E-state index in [1.165, 1.54) is 0 Å². The number of carbonyl (C=O) groups excluding carboxylic acids is 1. The molecule has 4 nitrogen and oxygen atoms in total. The van der Waals surface area contributed by atoms with Crippen LogP contribution in [0.5, 0.6) is 5.75 Å². The summed E-state index contributed by atoms with van der Waals surface area (Å²) < 4.78 is 5.41. The third kappa shape index (κ3) is 4.73. The van der Waals surface area contributed by atoms with Gasteiger partial charge in [-0.25, -0.2) is 0 Å². The first-order valence-electron chi connectivity index (χ1n) is 7.78. The van der Waals surface area contributed by atoms with E-state index in [1.807, 2.05) is 50.2 Å². The lowest BCUT2D eigenvalue weighted by atomic mass is 10.0. The summed E-state index contributed by atoms with van der Waals surface area (Å²) in [5.41, 5.74) is 8.72. The summed E-state index contributed by atoms with van der Waals surface area (Å²) in [6, 6.07) is 16.2. The van der Waals surface area contributed by atoms with Crippen LogP contribution < -0.4 is 10.5 Å². The van der Waals surface area contributed by atoms with Gasteiger partial charge in [0.15, 0.2) is 0 Å². The fourth-order valence-corrected chi connectivity index (χ4v) is 2.55. The SMILES string of the molecule is COc1ccccc1-c1ccc(CN(C(=O)CN)C(C)C)cc1.Cl. The summed E-state index contributed by atoms with van der Waals surface area (Å²) >= 11 is 0. The molecule has 0 aliphatic rings. The molecule has 0 saturated carbocycles. The number of amides is 1. The zero-order chi connectivity index (χ0) is 16.8. The van der Waals surface area contributed by atoms with Crippen LogP contribution >= 0.6 is 12.4 Å². The van der Waals surface area contributed by atoms with Crippen molar-refractivity contribution >= 4 is 18.3 Å². The van der Waals surface area contributed by atoms with Crippen molar-refractivity contribution in [2.24, 2.45) is 5.73 Å². The van der Waals surface area contributed by atoms with E-state index in [0.29, 0.717) is 6.54 Å². The maximum atomic E-state index is 11.9. The second-order valence-electron chi connectivity index (χ2n) is 5.72. The van der Waals surface area contributed by atoms with Gasteiger partial charge in [-0.3, -0.25) is 4.79 Å². The Balaban J connectivity index is 0.00000288. The lowest BCUT2D eigenvalue weighted by molar-refractivity contribution is -0.132. The predicted molar refractivity (Wildman–Crippen MR) is 100 cm³/mol. The lowest BCUT2D eigenvalue weighted by Gasteiger charge is -2.26. The number of nitrogens with zero attached hydrogens (tertiary/aromatic N) is 1. The quantitative estimate of drug-likeness (QED) is 0.869. The topological polar surface area (TPSA) is 55.6 Å². The van der Waals surface area contributed by atoms with E-state index in [4.69, 9.17) is 10.5 Å². The largest absolute Gasteiger partial charge is 0.496 e. The van der Waals surface area contributed by atoms with Crippen LogP contribution in [0.3, 0.4) is 0 Å². The van der Waals surface area contributed by atoms with Crippen molar-refractivity contribution in [1.29, 1.82) is 0 Å². The van der Waals surface area contributed by atoms with Crippen LogP contribution in [0.25, 0.3) is 11.1 Å². The normalized spacial score (nSPS) is 10.2. The number of nitrogens with two attached hydrogens (primary N) is 1. The molecule has 0 aliphatic heterocycles. The van der Waals surface area contributed by atoms with Gasteiger partial charge in [-0.1, -0.05) is 42.5 Å². The van der Waals surface area contributed by atoms with Gasteiger partial charge in [0.1, 0.15) is 5.75 Å². The van der Waals surface area contributed by atoms with Gasteiger partial charge in [0.2, 0.25) is 5.91 Å². The Labute approximate surface area is 150 Å². The second kappa shape index (κ2) is 9.30. The van der Waals surface area contributed by atoms with Gasteiger partial charge in [0.05, 0.1) is 13.7 Å². The Hall–Kier alpha value is -2.04. The first kappa shape index (κ1) is 20.0. The van der Waals surface area contributed by atoms with Crippen LogP contribution in [0.1, 0.15) is 19.4 Å². The molecule has 0 unspecified atom stereocenters. The van der Waals surface area contributed by atoms with E-state index in [-0.39, 0.29) is 30.9 Å². The molecule has 0 saturated heterocycles. The summed E-state index contributed by atoms with van der Waals surface area (Å²) in [6.45, 7) is 4.60. The molecule has 0 fully saturated rings. The first-order valence-corrected chi connectivity index (χ1v) is 7.78. The molecule has 2 aromatic rings. The van der Waals surface area contributed by atoms with E-state index in [1.54, 1.807) is 12.0 Å². The van der Waals surface area contributed by atoms with Gasteiger partial charge < -0.3 is 15.4 Å². The van der Waals surface area contributed by atoms with Crippen molar-refractivity contribution in [2.45, 2.75) is 26.4 Å². The van der Waals surface area contributed by atoms with Gasteiger partial charge in [0.25, 0.3) is 0 Å². The van der Waals surface area contributed by atoms with E-state index < -0.39 is 0 Å². The van der Waals surface area contributed by atoms with Crippen LogP contribution in [0.15, 0.2) is 48.5 Å². The minimum Gasteiger partial charge on any atom is -0.496 e. The van der Waals surface area contributed by atoms with Crippen molar-refractivity contribution in [2.75, 3.05) is 13.7 Å². The number of hydrogen-bond acceptors (Lipinski definition) is 3. The standard InChI is InChI=1S/C19H24N2O2.ClH/c1-14(2)21(19(22)12-20)13-15-8-10-16(11-9-15)17-6-4-5-7-18(17)23-3;/h4-11,14H,12-13,20H2,1-3H3;1H. The van der Waals surface area contributed by atoms with Gasteiger partial charge in [0, 0.05) is 18.2 Å². The molecule has 2 N–H and O–H groups in total. The highest BCUT2D eigenvalue weighted by molar-refractivity contribution is 5.85. The summed E-state index contributed by atoms with van der Waals surface area (Å²) in [5.74, 6) is 0.816. The third-order valence-electron chi connectivity index (χ3n) is 3.84. The number of rotatable bonds is 6. The molecule has 0 atom stereocenters. The highest BCUT2D eigenvalue weighted by Gasteiger charge is 2.15. The maximum absolute atomic E-state index is 11.9. The molecule has 0 aromatic heterocycles. The Bertz CT molecular complexity index is 657. The predicted octanol–water partition coefficient (Wildman–Crippen LogP) is 3.48. The maximum Gasteiger partial charge on any atom is 0.236 e. The van der Waals surface area contributed by atoms with Crippen LogP contribution in [-0.2, 0) is 11.3 Å². The Morgan fingerprint density at radius 2 is 1.75 bits per heavy atom. The molecule has 5 heteroatoms. The summed E-state index contributed by atoms with van der Waals surface area (Å²) in [6.07, 6.45) is 0. The van der Waals surface area contributed by atoms with Crippen LogP contribution in [0.4, 0.5) is 0 Å². The smallest absolute Gasteiger partial charge is 0.236 e. The number of methoxy groups -OCH3 is 1. The molecule has 0 radical (unpaired) electrons. The van der Waals surface area contributed by atoms with E-state index in [2.05, 4.69) is 12.1 Å². The zero-order valence-electron chi connectivity index (χ0n) is 14.4. The molecule has 0 aliphatic carbocycles. The van der Waals surface area contributed by atoms with E-state index in [0.717, 1.165) is 22.4 Å². The number of halogens is 1. The fourth-order valence-electron chi connectivity index (χ4n) is 2.55.